The van der Waals surface area contributed by atoms with Gasteiger partial charge in [-0.15, -0.1) is 11.3 Å². The van der Waals surface area contributed by atoms with Crippen molar-refractivity contribution in [2.75, 3.05) is 0 Å². The highest BCUT2D eigenvalue weighted by Crippen LogP contribution is 2.17. The van der Waals surface area contributed by atoms with Gasteiger partial charge in [-0.2, -0.15) is 0 Å². The van der Waals surface area contributed by atoms with Crippen molar-refractivity contribution in [3.63, 3.8) is 0 Å². The normalized spacial score (nSPS) is 10.5. The van der Waals surface area contributed by atoms with E-state index in [1.807, 2.05) is 0 Å². The molecule has 0 bridgehead atoms. The van der Waals surface area contributed by atoms with E-state index in [1.54, 1.807) is 13.1 Å². The van der Waals surface area contributed by atoms with Crippen LogP contribution in [0.2, 0.25) is 4.47 Å². The molecular weight excluding hydrogens is 234 g/mol. The molecule has 2 rings (SSSR count). The zero-order valence-corrected chi connectivity index (χ0v) is 9.55. The first-order chi connectivity index (χ1) is 7.15. The summed E-state index contributed by atoms with van der Waals surface area (Å²) in [7, 11) is 0. The number of aromatic nitrogens is 3. The molecule has 2 aromatic rings. The topological polar surface area (TPSA) is 47.8 Å². The van der Waals surface area contributed by atoms with Crippen molar-refractivity contribution in [1.29, 1.82) is 0 Å². The highest BCUT2D eigenvalue weighted by molar-refractivity contribution is 7.15. The zero-order valence-electron chi connectivity index (χ0n) is 7.98. The minimum absolute atomic E-state index is 0.0629. The van der Waals surface area contributed by atoms with E-state index in [9.17, 15) is 4.79 Å². The van der Waals surface area contributed by atoms with Crippen LogP contribution < -0.4 is 5.56 Å². The van der Waals surface area contributed by atoms with Crippen LogP contribution in [0.4, 0.5) is 0 Å². The smallest absolute Gasteiger partial charge is 0.253 e. The molecular formula is C9H8ClN3OS. The van der Waals surface area contributed by atoms with Gasteiger partial charge in [0.2, 0.25) is 0 Å². The highest BCUT2D eigenvalue weighted by atomic mass is 35.5. The first-order valence-corrected chi connectivity index (χ1v) is 5.48. The molecule has 0 spiro atoms. The van der Waals surface area contributed by atoms with Gasteiger partial charge in [0.1, 0.15) is 0 Å². The molecule has 6 heteroatoms. The zero-order chi connectivity index (χ0) is 10.8. The Morgan fingerprint density at radius 1 is 1.53 bits per heavy atom. The minimum atomic E-state index is -0.0629. The van der Waals surface area contributed by atoms with Gasteiger partial charge in [-0.25, -0.2) is 9.97 Å². The van der Waals surface area contributed by atoms with Crippen molar-refractivity contribution < 1.29 is 0 Å². The van der Waals surface area contributed by atoms with Gasteiger partial charge in [-0.3, -0.25) is 9.36 Å². The fourth-order valence-electron chi connectivity index (χ4n) is 1.16. The first-order valence-electron chi connectivity index (χ1n) is 4.28. The third kappa shape index (κ3) is 2.43. The molecule has 0 atom stereocenters. The lowest BCUT2D eigenvalue weighted by molar-refractivity contribution is 0.738. The number of nitrogens with zero attached hydrogens (tertiary/aromatic N) is 3. The SMILES string of the molecule is Cc1cc(=O)n(Cc2cnc(Cl)s2)cn1. The molecule has 15 heavy (non-hydrogen) atoms. The van der Waals surface area contributed by atoms with Gasteiger partial charge in [0.25, 0.3) is 5.56 Å². The predicted octanol–water partition coefficient (Wildman–Crippen LogP) is 1.71. The van der Waals surface area contributed by atoms with E-state index in [-0.39, 0.29) is 5.56 Å². The lowest BCUT2D eigenvalue weighted by Crippen LogP contribution is -2.20. The number of hydrogen-bond acceptors (Lipinski definition) is 4. The van der Waals surface area contributed by atoms with Crippen molar-refractivity contribution in [3.05, 3.63) is 44.0 Å². The molecule has 4 nitrogen and oxygen atoms in total. The maximum Gasteiger partial charge on any atom is 0.253 e. The monoisotopic (exact) mass is 241 g/mol. The van der Waals surface area contributed by atoms with Crippen LogP contribution in [0.1, 0.15) is 10.6 Å². The summed E-state index contributed by atoms with van der Waals surface area (Å²) in [5, 5.41) is 0. The first kappa shape index (κ1) is 10.3. The highest BCUT2D eigenvalue weighted by Gasteiger charge is 2.02. The third-order valence-corrected chi connectivity index (χ3v) is 2.97. The Morgan fingerprint density at radius 3 is 2.93 bits per heavy atom. The van der Waals surface area contributed by atoms with Gasteiger partial charge in [0, 0.05) is 22.8 Å². The number of halogens is 1. The van der Waals surface area contributed by atoms with Gasteiger partial charge in [-0.1, -0.05) is 11.6 Å². The molecule has 2 heterocycles. The third-order valence-electron chi connectivity index (χ3n) is 1.87. The van der Waals surface area contributed by atoms with Crippen LogP contribution in [0.25, 0.3) is 0 Å². The Kier molecular flexibility index (Phi) is 2.83. The Morgan fingerprint density at radius 2 is 2.33 bits per heavy atom. The maximum atomic E-state index is 11.5. The second-order valence-corrected chi connectivity index (χ2v) is 4.77. The molecule has 0 aliphatic carbocycles. The molecule has 0 aliphatic heterocycles. The molecule has 0 radical (unpaired) electrons. The van der Waals surface area contributed by atoms with Crippen molar-refractivity contribution in [3.8, 4) is 0 Å². The predicted molar refractivity (Wildman–Crippen MR) is 59.5 cm³/mol. The fraction of sp³-hybridized carbons (Fsp3) is 0.222. The van der Waals surface area contributed by atoms with E-state index in [1.165, 1.54) is 28.3 Å². The Labute approximate surface area is 95.2 Å². The lowest BCUT2D eigenvalue weighted by Gasteiger charge is -2.01. The van der Waals surface area contributed by atoms with Crippen molar-refractivity contribution in [2.45, 2.75) is 13.5 Å². The van der Waals surface area contributed by atoms with E-state index in [4.69, 9.17) is 11.6 Å². The van der Waals surface area contributed by atoms with Crippen LogP contribution in [-0.4, -0.2) is 14.5 Å². The molecule has 0 aliphatic rings. The van der Waals surface area contributed by atoms with Gasteiger partial charge < -0.3 is 0 Å². The fourth-order valence-corrected chi connectivity index (χ4v) is 2.14. The maximum absolute atomic E-state index is 11.5. The lowest BCUT2D eigenvalue weighted by atomic mass is 10.4. The molecule has 0 fully saturated rings. The summed E-state index contributed by atoms with van der Waals surface area (Å²) in [5.74, 6) is 0. The van der Waals surface area contributed by atoms with E-state index >= 15 is 0 Å². The summed E-state index contributed by atoms with van der Waals surface area (Å²) in [6, 6.07) is 1.50. The minimum Gasteiger partial charge on any atom is -0.294 e. The summed E-state index contributed by atoms with van der Waals surface area (Å²) >= 11 is 7.06. The number of rotatable bonds is 2. The largest absolute Gasteiger partial charge is 0.294 e. The molecule has 78 valence electrons. The molecule has 0 aromatic carbocycles. The van der Waals surface area contributed by atoms with Crippen LogP contribution in [-0.2, 0) is 6.54 Å². The number of hydrogen-bond donors (Lipinski definition) is 0. The summed E-state index contributed by atoms with van der Waals surface area (Å²) < 4.78 is 2.01. The van der Waals surface area contributed by atoms with Crippen LogP contribution in [0, 0.1) is 6.92 Å². The second-order valence-electron chi connectivity index (χ2n) is 3.08. The molecule has 2 aromatic heterocycles. The molecule has 0 unspecified atom stereocenters. The van der Waals surface area contributed by atoms with Gasteiger partial charge >= 0.3 is 0 Å². The summed E-state index contributed by atoms with van der Waals surface area (Å²) in [5.41, 5.74) is 0.658. The Bertz CT molecular complexity index is 534. The van der Waals surface area contributed by atoms with E-state index < -0.39 is 0 Å². The standard InChI is InChI=1S/C9H8ClN3OS/c1-6-2-8(14)13(5-12-6)4-7-3-11-9(10)15-7/h2-3,5H,4H2,1H3. The Hall–Kier alpha value is -1.20. The van der Waals surface area contributed by atoms with Crippen LogP contribution in [0.3, 0.4) is 0 Å². The molecule has 0 saturated carbocycles. The Balaban J connectivity index is 2.28. The number of aryl methyl sites for hydroxylation is 1. The average molecular weight is 242 g/mol. The van der Waals surface area contributed by atoms with Gasteiger partial charge in [0.05, 0.1) is 12.9 Å². The second kappa shape index (κ2) is 4.12. The summed E-state index contributed by atoms with van der Waals surface area (Å²) in [4.78, 5) is 20.4. The van der Waals surface area contributed by atoms with Gasteiger partial charge in [-0.05, 0) is 6.92 Å². The molecule has 0 amide bonds. The number of thiazole rings is 1. The van der Waals surface area contributed by atoms with Crippen molar-refractivity contribution in [2.24, 2.45) is 0 Å². The van der Waals surface area contributed by atoms with E-state index in [2.05, 4.69) is 9.97 Å². The van der Waals surface area contributed by atoms with Crippen LogP contribution in [0.5, 0.6) is 0 Å². The quantitative estimate of drug-likeness (QED) is 0.804. The van der Waals surface area contributed by atoms with Crippen LogP contribution in [0.15, 0.2) is 23.4 Å². The molecule has 0 saturated heterocycles. The van der Waals surface area contributed by atoms with Crippen molar-refractivity contribution in [1.82, 2.24) is 14.5 Å². The van der Waals surface area contributed by atoms with Crippen molar-refractivity contribution >= 4 is 22.9 Å². The average Bonchev–Trinajstić information content (AvgIpc) is 2.56. The van der Waals surface area contributed by atoms with Crippen LogP contribution >= 0.6 is 22.9 Å². The van der Waals surface area contributed by atoms with E-state index in [0.29, 0.717) is 11.0 Å². The summed E-state index contributed by atoms with van der Waals surface area (Å²) in [6.45, 7) is 2.26. The molecule has 0 N–H and O–H groups in total. The van der Waals surface area contributed by atoms with E-state index in [0.717, 1.165) is 10.6 Å². The summed E-state index contributed by atoms with van der Waals surface area (Å²) in [6.07, 6.45) is 3.20. The van der Waals surface area contributed by atoms with Gasteiger partial charge in [0.15, 0.2) is 4.47 Å².